The number of oxime groups is 1. The first-order valence-electron chi connectivity index (χ1n) is 1.75. The van der Waals surface area contributed by atoms with Crippen molar-refractivity contribution in [3.8, 4) is 0 Å². The Kier molecular flexibility index (Phi) is 2.44. The maximum atomic E-state index is 9.79. The Morgan fingerprint density at radius 1 is 1.56 bits per heavy atom. The fraction of sp³-hybridized carbons (Fsp3) is 0. The van der Waals surface area contributed by atoms with Crippen LogP contribution in [-0.2, 0) is 9.19 Å². The van der Waals surface area contributed by atoms with Gasteiger partial charge in [-0.15, -0.1) is 0 Å². The highest BCUT2D eigenvalue weighted by molar-refractivity contribution is 7.46. The van der Waals surface area contributed by atoms with E-state index in [1.165, 1.54) is 0 Å². The van der Waals surface area contributed by atoms with Gasteiger partial charge >= 0.3 is 7.82 Å². The van der Waals surface area contributed by atoms with E-state index in [4.69, 9.17) is 9.79 Å². The lowest BCUT2D eigenvalue weighted by Crippen LogP contribution is -2.22. The Morgan fingerprint density at radius 2 is 2.00 bits per heavy atom. The van der Waals surface area contributed by atoms with Gasteiger partial charge in [-0.25, -0.2) is 4.57 Å². The highest BCUT2D eigenvalue weighted by Gasteiger charge is 2.13. The second-order valence-electron chi connectivity index (χ2n) is 1.09. The Morgan fingerprint density at radius 3 is 2.11 bits per heavy atom. The molecule has 0 aliphatic heterocycles. The highest BCUT2D eigenvalue weighted by Crippen LogP contribution is 2.35. The third-order valence-corrected chi connectivity index (χ3v) is 0.547. The lowest BCUT2D eigenvalue weighted by atomic mass is 11.1. The van der Waals surface area contributed by atoms with Crippen LogP contribution in [0.1, 0.15) is 0 Å². The molecule has 0 fully saturated rings. The predicted octanol–water partition coefficient (Wildman–Crippen LogP) is -1.72. The SMILES string of the molecule is NC(N)=NOP(=O)(O)O. The lowest BCUT2D eigenvalue weighted by Gasteiger charge is -1.97. The quantitative estimate of drug-likeness (QED) is 0.162. The number of hydrogen-bond acceptors (Lipinski definition) is 3. The van der Waals surface area contributed by atoms with Crippen LogP contribution in [0, 0.1) is 0 Å². The number of guanidine groups is 1. The zero-order valence-electron chi connectivity index (χ0n) is 4.26. The Labute approximate surface area is 50.5 Å². The molecule has 6 N–H and O–H groups in total. The van der Waals surface area contributed by atoms with E-state index in [-0.39, 0.29) is 0 Å². The lowest BCUT2D eigenvalue weighted by molar-refractivity contribution is 0.204. The molecule has 0 bridgehead atoms. The summed E-state index contributed by atoms with van der Waals surface area (Å²) in [6.07, 6.45) is 0. The molecule has 0 saturated heterocycles. The number of hydrogen-bond donors (Lipinski definition) is 4. The van der Waals surface area contributed by atoms with Gasteiger partial charge in [0.15, 0.2) is 0 Å². The first kappa shape index (κ1) is 8.22. The molecule has 0 rings (SSSR count). The minimum absolute atomic E-state index is 0.543. The van der Waals surface area contributed by atoms with Crippen LogP contribution in [0.25, 0.3) is 0 Å². The average Bonchev–Trinajstić information content (AvgIpc) is 1.59. The van der Waals surface area contributed by atoms with Gasteiger partial charge in [-0.05, 0) is 5.16 Å². The van der Waals surface area contributed by atoms with Crippen molar-refractivity contribution in [1.82, 2.24) is 0 Å². The van der Waals surface area contributed by atoms with Crippen molar-refractivity contribution in [2.24, 2.45) is 16.6 Å². The van der Waals surface area contributed by atoms with Crippen LogP contribution in [0.2, 0.25) is 0 Å². The van der Waals surface area contributed by atoms with Gasteiger partial charge in [0, 0.05) is 0 Å². The normalized spacial score (nSPS) is 10.4. The first-order valence-corrected chi connectivity index (χ1v) is 3.28. The van der Waals surface area contributed by atoms with E-state index in [1.807, 2.05) is 0 Å². The molecule has 54 valence electrons. The molecule has 0 aliphatic carbocycles. The van der Waals surface area contributed by atoms with Crippen molar-refractivity contribution >= 4 is 13.8 Å². The molecule has 8 heteroatoms. The number of rotatable bonds is 2. The van der Waals surface area contributed by atoms with E-state index in [1.54, 1.807) is 0 Å². The molecule has 0 unspecified atom stereocenters. The second kappa shape index (κ2) is 2.67. The maximum Gasteiger partial charge on any atom is 0.545 e. The number of phosphoric acid groups is 1. The van der Waals surface area contributed by atoms with Crippen molar-refractivity contribution in [3.63, 3.8) is 0 Å². The minimum atomic E-state index is -4.57. The first-order chi connectivity index (χ1) is 3.92. The van der Waals surface area contributed by atoms with Crippen LogP contribution < -0.4 is 11.5 Å². The van der Waals surface area contributed by atoms with Crippen LogP contribution in [0.3, 0.4) is 0 Å². The van der Waals surface area contributed by atoms with Gasteiger partial charge in [-0.2, -0.15) is 0 Å². The summed E-state index contributed by atoms with van der Waals surface area (Å²) in [7, 11) is -4.57. The van der Waals surface area contributed by atoms with Crippen LogP contribution in [0.5, 0.6) is 0 Å². The molecule has 9 heavy (non-hydrogen) atoms. The fourth-order valence-corrected chi connectivity index (χ4v) is 0.301. The van der Waals surface area contributed by atoms with Gasteiger partial charge in [0.2, 0.25) is 5.96 Å². The molecule has 0 atom stereocenters. The van der Waals surface area contributed by atoms with E-state index in [0.29, 0.717) is 0 Å². The van der Waals surface area contributed by atoms with Crippen molar-refractivity contribution in [2.75, 3.05) is 0 Å². The summed E-state index contributed by atoms with van der Waals surface area (Å²) in [6.45, 7) is 0. The van der Waals surface area contributed by atoms with E-state index in [2.05, 4.69) is 21.2 Å². The smallest absolute Gasteiger partial charge is 0.367 e. The average molecular weight is 155 g/mol. The van der Waals surface area contributed by atoms with E-state index in [0.717, 1.165) is 0 Å². The third kappa shape index (κ3) is 7.22. The van der Waals surface area contributed by atoms with Crippen LogP contribution in [-0.4, -0.2) is 15.7 Å². The summed E-state index contributed by atoms with van der Waals surface area (Å²) < 4.78 is 13.3. The van der Waals surface area contributed by atoms with E-state index >= 15 is 0 Å². The Balaban J connectivity index is 3.79. The molecule has 0 aromatic rings. The molecule has 0 radical (unpaired) electrons. The molecule has 0 amide bonds. The molecule has 7 nitrogen and oxygen atoms in total. The predicted molar refractivity (Wildman–Crippen MR) is 28.9 cm³/mol. The summed E-state index contributed by atoms with van der Waals surface area (Å²) in [5, 5.41) is 2.60. The minimum Gasteiger partial charge on any atom is -0.367 e. The van der Waals surface area contributed by atoms with Crippen molar-refractivity contribution in [2.45, 2.75) is 0 Å². The summed E-state index contributed by atoms with van der Waals surface area (Å²) in [4.78, 5) is 15.9. The largest absolute Gasteiger partial charge is 0.545 e. The standard InChI is InChI=1S/CH6N3O4P/c2-1(3)4-8-9(5,6)7/h(H4,2,3,4)(H2,5,6,7). The van der Waals surface area contributed by atoms with Crippen molar-refractivity contribution < 1.29 is 19.0 Å². The molecular weight excluding hydrogens is 149 g/mol. The number of nitrogens with two attached hydrogens (primary N) is 2. The van der Waals surface area contributed by atoms with Gasteiger partial charge in [0.1, 0.15) is 0 Å². The Hall–Kier alpha value is -0.780. The van der Waals surface area contributed by atoms with Crippen molar-refractivity contribution in [1.29, 1.82) is 0 Å². The highest BCUT2D eigenvalue weighted by atomic mass is 31.2. The van der Waals surface area contributed by atoms with Gasteiger partial charge < -0.3 is 11.5 Å². The zero-order valence-corrected chi connectivity index (χ0v) is 5.15. The molecule has 0 aromatic heterocycles. The van der Waals surface area contributed by atoms with Crippen LogP contribution >= 0.6 is 7.82 Å². The molecule has 0 aliphatic rings. The van der Waals surface area contributed by atoms with Gasteiger partial charge in [0.05, 0.1) is 0 Å². The molecule has 0 saturated carbocycles. The summed E-state index contributed by atoms with van der Waals surface area (Å²) in [5.74, 6) is -0.543. The second-order valence-corrected chi connectivity index (χ2v) is 2.23. The zero-order chi connectivity index (χ0) is 7.49. The molecule has 0 heterocycles. The summed E-state index contributed by atoms with van der Waals surface area (Å²) in [5.41, 5.74) is 9.32. The van der Waals surface area contributed by atoms with Crippen molar-refractivity contribution in [3.05, 3.63) is 0 Å². The maximum absolute atomic E-state index is 9.79. The monoisotopic (exact) mass is 155 g/mol. The van der Waals surface area contributed by atoms with E-state index in [9.17, 15) is 4.57 Å². The third-order valence-electron chi connectivity index (χ3n) is 0.253. The molecule has 0 aromatic carbocycles. The van der Waals surface area contributed by atoms with Gasteiger partial charge in [-0.3, -0.25) is 14.4 Å². The fourth-order valence-electron chi connectivity index (χ4n) is 0.100. The van der Waals surface area contributed by atoms with Crippen LogP contribution in [0.15, 0.2) is 5.16 Å². The van der Waals surface area contributed by atoms with E-state index < -0.39 is 13.8 Å². The summed E-state index contributed by atoms with van der Waals surface area (Å²) >= 11 is 0. The van der Waals surface area contributed by atoms with Gasteiger partial charge in [-0.1, -0.05) is 0 Å². The van der Waals surface area contributed by atoms with Crippen LogP contribution in [0.4, 0.5) is 0 Å². The topological polar surface area (TPSA) is 131 Å². The number of nitrogens with zero attached hydrogens (tertiary/aromatic N) is 1. The Bertz CT molecular complexity index is 155. The molecule has 0 spiro atoms. The molecular formula is CH6N3O4P. The van der Waals surface area contributed by atoms with Gasteiger partial charge in [0.25, 0.3) is 0 Å². The summed E-state index contributed by atoms with van der Waals surface area (Å²) in [6, 6.07) is 0.